The first-order valence-corrected chi connectivity index (χ1v) is 5.07. The molecule has 0 aromatic carbocycles. The van der Waals surface area contributed by atoms with E-state index in [0.717, 1.165) is 0 Å². The highest BCUT2D eigenvalue weighted by molar-refractivity contribution is 5.85. The predicted molar refractivity (Wildman–Crippen MR) is 58.2 cm³/mol. The standard InChI is InChI=1S/C11H18N2O3/c1-11(2,3)9(10(15)16-4)13-8(14)6-5-7-12/h9H,5-6H2,1-4H3,(H,13,14)/t9-/m1/s1. The number of amides is 1. The first kappa shape index (κ1) is 14.4. The molecule has 0 fully saturated rings. The number of nitrogens with one attached hydrogen (secondary N) is 1. The molecule has 0 unspecified atom stereocenters. The molecule has 16 heavy (non-hydrogen) atoms. The second kappa shape index (κ2) is 6.11. The zero-order chi connectivity index (χ0) is 12.8. The third-order valence-corrected chi connectivity index (χ3v) is 2.07. The van der Waals surface area contributed by atoms with Crippen LogP contribution < -0.4 is 5.32 Å². The molecule has 0 bridgehead atoms. The zero-order valence-corrected chi connectivity index (χ0v) is 10.2. The second-order valence-electron chi connectivity index (χ2n) is 4.55. The van der Waals surface area contributed by atoms with Crippen LogP contribution in [0.2, 0.25) is 0 Å². The van der Waals surface area contributed by atoms with Gasteiger partial charge < -0.3 is 10.1 Å². The van der Waals surface area contributed by atoms with Crippen molar-refractivity contribution in [1.82, 2.24) is 5.32 Å². The van der Waals surface area contributed by atoms with Gasteiger partial charge in [-0.15, -0.1) is 0 Å². The number of carbonyl (C=O) groups excluding carboxylic acids is 2. The minimum atomic E-state index is -0.691. The van der Waals surface area contributed by atoms with Crippen LogP contribution in [0.15, 0.2) is 0 Å². The molecule has 0 radical (unpaired) electrons. The molecule has 0 aliphatic heterocycles. The van der Waals surface area contributed by atoms with E-state index in [0.29, 0.717) is 0 Å². The van der Waals surface area contributed by atoms with Crippen LogP contribution in [0.4, 0.5) is 0 Å². The Kier molecular flexibility index (Phi) is 5.51. The molecule has 1 N–H and O–H groups in total. The van der Waals surface area contributed by atoms with Crippen molar-refractivity contribution >= 4 is 11.9 Å². The average Bonchev–Trinajstić information content (AvgIpc) is 2.20. The van der Waals surface area contributed by atoms with Crippen LogP contribution in [0.1, 0.15) is 33.6 Å². The van der Waals surface area contributed by atoms with Gasteiger partial charge in [-0.1, -0.05) is 20.8 Å². The fourth-order valence-electron chi connectivity index (χ4n) is 1.15. The first-order valence-electron chi connectivity index (χ1n) is 5.07. The van der Waals surface area contributed by atoms with E-state index in [9.17, 15) is 9.59 Å². The average molecular weight is 226 g/mol. The minimum absolute atomic E-state index is 0.0973. The summed E-state index contributed by atoms with van der Waals surface area (Å²) in [7, 11) is 1.28. The Bertz CT molecular complexity index is 299. The molecule has 1 amide bonds. The van der Waals surface area contributed by atoms with Crippen LogP contribution in [0.5, 0.6) is 0 Å². The summed E-state index contributed by atoms with van der Waals surface area (Å²) < 4.78 is 4.63. The maximum absolute atomic E-state index is 11.5. The summed E-state index contributed by atoms with van der Waals surface area (Å²) in [4.78, 5) is 22.9. The molecule has 5 nitrogen and oxygen atoms in total. The summed E-state index contributed by atoms with van der Waals surface area (Å²) in [6.45, 7) is 5.50. The van der Waals surface area contributed by atoms with E-state index in [1.807, 2.05) is 26.8 Å². The molecule has 0 aliphatic carbocycles. The maximum atomic E-state index is 11.5. The number of carbonyl (C=O) groups is 2. The van der Waals surface area contributed by atoms with E-state index >= 15 is 0 Å². The van der Waals surface area contributed by atoms with Crippen LogP contribution in [0, 0.1) is 16.7 Å². The fraction of sp³-hybridized carbons (Fsp3) is 0.727. The Balaban J connectivity index is 4.52. The molecule has 90 valence electrons. The molecule has 0 heterocycles. The Morgan fingerprint density at radius 3 is 2.38 bits per heavy atom. The summed E-state index contributed by atoms with van der Waals surface area (Å²) in [5, 5.41) is 10.9. The van der Waals surface area contributed by atoms with Gasteiger partial charge in [0.15, 0.2) is 0 Å². The lowest BCUT2D eigenvalue weighted by Crippen LogP contribution is -2.49. The number of nitriles is 1. The van der Waals surface area contributed by atoms with Gasteiger partial charge in [-0.3, -0.25) is 4.79 Å². The van der Waals surface area contributed by atoms with E-state index in [2.05, 4.69) is 10.1 Å². The number of nitrogens with zero attached hydrogens (tertiary/aromatic N) is 1. The highest BCUT2D eigenvalue weighted by atomic mass is 16.5. The normalized spacial score (nSPS) is 12.4. The maximum Gasteiger partial charge on any atom is 0.328 e. The molecule has 0 aromatic rings. The summed E-state index contributed by atoms with van der Waals surface area (Å²) in [6, 6.07) is 1.19. The Morgan fingerprint density at radius 2 is 2.00 bits per heavy atom. The van der Waals surface area contributed by atoms with E-state index in [1.54, 1.807) is 0 Å². The van der Waals surface area contributed by atoms with Crippen molar-refractivity contribution in [2.75, 3.05) is 7.11 Å². The lowest BCUT2D eigenvalue weighted by molar-refractivity contribution is -0.148. The fourth-order valence-corrected chi connectivity index (χ4v) is 1.15. The van der Waals surface area contributed by atoms with E-state index in [1.165, 1.54) is 7.11 Å². The quantitative estimate of drug-likeness (QED) is 0.725. The molecule has 0 saturated heterocycles. The van der Waals surface area contributed by atoms with Crippen molar-refractivity contribution in [1.29, 1.82) is 5.26 Å². The molecule has 0 saturated carbocycles. The van der Waals surface area contributed by atoms with Gasteiger partial charge in [-0.25, -0.2) is 4.79 Å². The van der Waals surface area contributed by atoms with Gasteiger partial charge in [0.1, 0.15) is 6.04 Å². The number of methoxy groups -OCH3 is 1. The Labute approximate surface area is 95.8 Å². The Morgan fingerprint density at radius 1 is 1.44 bits per heavy atom. The van der Waals surface area contributed by atoms with Gasteiger partial charge >= 0.3 is 5.97 Å². The van der Waals surface area contributed by atoms with E-state index in [4.69, 9.17) is 5.26 Å². The summed E-state index contributed by atoms with van der Waals surface area (Å²) in [5.41, 5.74) is -0.421. The van der Waals surface area contributed by atoms with Crippen LogP contribution in [0.25, 0.3) is 0 Å². The van der Waals surface area contributed by atoms with E-state index in [-0.39, 0.29) is 18.7 Å². The number of rotatable bonds is 4. The van der Waals surface area contributed by atoms with Gasteiger partial charge in [0.25, 0.3) is 0 Å². The van der Waals surface area contributed by atoms with E-state index < -0.39 is 17.4 Å². The largest absolute Gasteiger partial charge is 0.467 e. The summed E-state index contributed by atoms with van der Waals surface area (Å²) in [6.07, 6.45) is 0.240. The van der Waals surface area contributed by atoms with Gasteiger partial charge in [0.05, 0.1) is 13.2 Å². The van der Waals surface area contributed by atoms with Crippen molar-refractivity contribution in [2.45, 2.75) is 39.7 Å². The summed E-state index contributed by atoms with van der Waals surface area (Å²) in [5.74, 6) is -0.787. The van der Waals surface area contributed by atoms with Crippen molar-refractivity contribution in [3.8, 4) is 6.07 Å². The zero-order valence-electron chi connectivity index (χ0n) is 10.2. The highest BCUT2D eigenvalue weighted by Crippen LogP contribution is 2.20. The van der Waals surface area contributed by atoms with Crippen LogP contribution in [-0.4, -0.2) is 25.0 Å². The number of esters is 1. The van der Waals surface area contributed by atoms with Crippen molar-refractivity contribution in [3.63, 3.8) is 0 Å². The van der Waals surface area contributed by atoms with Crippen molar-refractivity contribution < 1.29 is 14.3 Å². The molecule has 0 rings (SSSR count). The number of hydrogen-bond acceptors (Lipinski definition) is 4. The third kappa shape index (κ3) is 4.78. The van der Waals surface area contributed by atoms with Crippen molar-refractivity contribution in [3.05, 3.63) is 0 Å². The molecule has 0 aliphatic rings. The lowest BCUT2D eigenvalue weighted by atomic mass is 9.86. The van der Waals surface area contributed by atoms with Gasteiger partial charge in [0.2, 0.25) is 5.91 Å². The lowest BCUT2D eigenvalue weighted by Gasteiger charge is -2.28. The third-order valence-electron chi connectivity index (χ3n) is 2.07. The second-order valence-corrected chi connectivity index (χ2v) is 4.55. The topological polar surface area (TPSA) is 79.2 Å². The predicted octanol–water partition coefficient (Wildman–Crippen LogP) is 0.994. The first-order chi connectivity index (χ1) is 7.32. The SMILES string of the molecule is COC(=O)[C@@H](NC(=O)CCC#N)C(C)(C)C. The van der Waals surface area contributed by atoms with Crippen molar-refractivity contribution in [2.24, 2.45) is 5.41 Å². The van der Waals surface area contributed by atoms with Crippen LogP contribution >= 0.6 is 0 Å². The van der Waals surface area contributed by atoms with Crippen LogP contribution in [0.3, 0.4) is 0 Å². The molecular weight excluding hydrogens is 208 g/mol. The molecule has 1 atom stereocenters. The van der Waals surface area contributed by atoms with Crippen LogP contribution in [-0.2, 0) is 14.3 Å². The number of hydrogen-bond donors (Lipinski definition) is 1. The van der Waals surface area contributed by atoms with Gasteiger partial charge in [-0.05, 0) is 5.41 Å². The smallest absolute Gasteiger partial charge is 0.328 e. The van der Waals surface area contributed by atoms with Gasteiger partial charge in [0, 0.05) is 12.8 Å². The molecule has 5 heteroatoms. The molecule has 0 spiro atoms. The monoisotopic (exact) mass is 226 g/mol. The molecule has 0 aromatic heterocycles. The Hall–Kier alpha value is -1.57. The number of ether oxygens (including phenoxy) is 1. The molecular formula is C11H18N2O3. The minimum Gasteiger partial charge on any atom is -0.467 e. The van der Waals surface area contributed by atoms with Gasteiger partial charge in [-0.2, -0.15) is 5.26 Å². The highest BCUT2D eigenvalue weighted by Gasteiger charge is 2.33. The summed E-state index contributed by atoms with van der Waals surface area (Å²) >= 11 is 0.